The first kappa shape index (κ1) is 22.2. The quantitative estimate of drug-likeness (QED) is 0.594. The van der Waals surface area contributed by atoms with Crippen molar-refractivity contribution in [3.63, 3.8) is 0 Å². The van der Waals surface area contributed by atoms with E-state index in [1.54, 1.807) is 13.2 Å². The standard InChI is InChI=1S/C23H28ClNO5/c1-4-5-15-12-17(24)20(18(13-15)29-3)19-16(8-11-30-22(27)28)23(25-21(19)26)9-6-14(2)7-10-23/h4-5,12-14H,6-11H2,1-3H3,(H,25,26)(H,27,28)/b5-4+. The first-order valence-corrected chi connectivity index (χ1v) is 10.6. The topological polar surface area (TPSA) is 84.9 Å². The SMILES string of the molecule is C/C=C/c1cc(Cl)c(C2=C(CCOC(=O)O)C3(CCC(C)CC3)NC2=O)c(OC)c1. The van der Waals surface area contributed by atoms with Gasteiger partial charge in [-0.1, -0.05) is 30.7 Å². The summed E-state index contributed by atoms with van der Waals surface area (Å²) in [6, 6.07) is 3.65. The monoisotopic (exact) mass is 433 g/mol. The molecule has 2 aliphatic rings. The predicted molar refractivity (Wildman–Crippen MR) is 117 cm³/mol. The number of carbonyl (C=O) groups excluding carboxylic acids is 1. The fraction of sp³-hybridized carbons (Fsp3) is 0.478. The normalized spacial score (nSPS) is 23.9. The number of ether oxygens (including phenoxy) is 2. The molecule has 1 fully saturated rings. The van der Waals surface area contributed by atoms with Crippen LogP contribution in [0.25, 0.3) is 11.6 Å². The van der Waals surface area contributed by atoms with E-state index in [1.165, 1.54) is 0 Å². The Bertz CT molecular complexity index is 897. The largest absolute Gasteiger partial charge is 0.505 e. The summed E-state index contributed by atoms with van der Waals surface area (Å²) in [6.07, 6.45) is 6.40. The molecule has 1 saturated carbocycles. The van der Waals surface area contributed by atoms with E-state index in [1.807, 2.05) is 25.1 Å². The number of allylic oxidation sites excluding steroid dienone is 1. The minimum atomic E-state index is -1.33. The van der Waals surface area contributed by atoms with Crippen molar-refractivity contribution in [2.75, 3.05) is 13.7 Å². The maximum atomic E-state index is 13.2. The van der Waals surface area contributed by atoms with Crippen LogP contribution in [0.4, 0.5) is 4.79 Å². The second-order valence-electron chi connectivity index (χ2n) is 8.02. The molecule has 1 aliphatic heterocycles. The Morgan fingerprint density at radius 1 is 1.37 bits per heavy atom. The van der Waals surface area contributed by atoms with Gasteiger partial charge in [0.15, 0.2) is 0 Å². The third kappa shape index (κ3) is 4.33. The molecule has 2 N–H and O–H groups in total. The number of carbonyl (C=O) groups is 2. The van der Waals surface area contributed by atoms with Gasteiger partial charge in [0, 0.05) is 12.0 Å². The number of nitrogens with one attached hydrogen (secondary N) is 1. The van der Waals surface area contributed by atoms with Gasteiger partial charge in [0.1, 0.15) is 5.75 Å². The van der Waals surface area contributed by atoms with Gasteiger partial charge in [-0.2, -0.15) is 0 Å². The Hall–Kier alpha value is -2.47. The highest BCUT2D eigenvalue weighted by Crippen LogP contribution is 2.48. The van der Waals surface area contributed by atoms with E-state index in [-0.39, 0.29) is 12.5 Å². The molecule has 0 aromatic heterocycles. The number of carboxylic acid groups (broad SMARTS) is 1. The molecule has 0 saturated heterocycles. The molecule has 1 amide bonds. The van der Waals surface area contributed by atoms with Gasteiger partial charge in [-0.25, -0.2) is 4.79 Å². The van der Waals surface area contributed by atoms with Crippen LogP contribution in [0.2, 0.25) is 5.02 Å². The number of rotatable bonds is 6. The summed E-state index contributed by atoms with van der Waals surface area (Å²) in [5.74, 6) is 0.902. The highest BCUT2D eigenvalue weighted by Gasteiger charge is 2.47. The summed E-state index contributed by atoms with van der Waals surface area (Å²) in [5, 5.41) is 12.5. The zero-order valence-corrected chi connectivity index (χ0v) is 18.3. The van der Waals surface area contributed by atoms with Gasteiger partial charge in [0.2, 0.25) is 0 Å². The molecule has 0 bridgehead atoms. The molecule has 0 radical (unpaired) electrons. The van der Waals surface area contributed by atoms with Crippen LogP contribution >= 0.6 is 11.6 Å². The second kappa shape index (κ2) is 9.13. The number of hydrogen-bond donors (Lipinski definition) is 2. The first-order valence-electron chi connectivity index (χ1n) is 10.2. The van der Waals surface area contributed by atoms with E-state index in [2.05, 4.69) is 12.2 Å². The zero-order valence-electron chi connectivity index (χ0n) is 17.6. The van der Waals surface area contributed by atoms with Crippen molar-refractivity contribution in [3.05, 3.63) is 39.9 Å². The molecule has 0 unspecified atom stereocenters. The Morgan fingerprint density at radius 3 is 2.67 bits per heavy atom. The Labute approximate surface area is 181 Å². The predicted octanol–water partition coefficient (Wildman–Crippen LogP) is 5.30. The highest BCUT2D eigenvalue weighted by molar-refractivity contribution is 6.36. The Kier molecular flexibility index (Phi) is 6.76. The smallest absolute Gasteiger partial charge is 0.496 e. The molecular formula is C23H28ClNO5. The molecule has 0 atom stereocenters. The minimum Gasteiger partial charge on any atom is -0.496 e. The number of hydrogen-bond acceptors (Lipinski definition) is 4. The van der Waals surface area contributed by atoms with E-state index >= 15 is 0 Å². The van der Waals surface area contributed by atoms with Gasteiger partial charge in [-0.15, -0.1) is 0 Å². The molecule has 1 aromatic carbocycles. The van der Waals surface area contributed by atoms with Gasteiger partial charge < -0.3 is 19.9 Å². The minimum absolute atomic E-state index is 0.0168. The molecule has 30 heavy (non-hydrogen) atoms. The second-order valence-corrected chi connectivity index (χ2v) is 8.42. The molecule has 3 rings (SSSR count). The number of methoxy groups -OCH3 is 1. The van der Waals surface area contributed by atoms with Crippen LogP contribution in [0, 0.1) is 5.92 Å². The van der Waals surface area contributed by atoms with Crippen LogP contribution in [-0.2, 0) is 9.53 Å². The van der Waals surface area contributed by atoms with Gasteiger partial charge >= 0.3 is 6.16 Å². The Morgan fingerprint density at radius 2 is 2.07 bits per heavy atom. The third-order valence-corrected chi connectivity index (χ3v) is 6.37. The van der Waals surface area contributed by atoms with Crippen molar-refractivity contribution < 1.29 is 24.2 Å². The lowest BCUT2D eigenvalue weighted by atomic mass is 9.72. The van der Waals surface area contributed by atoms with Crippen LogP contribution < -0.4 is 10.1 Å². The molecule has 1 aromatic rings. The average molecular weight is 434 g/mol. The summed E-state index contributed by atoms with van der Waals surface area (Å²) in [6.45, 7) is 4.11. The van der Waals surface area contributed by atoms with Gasteiger partial charge in [0.05, 0.1) is 29.9 Å². The van der Waals surface area contributed by atoms with E-state index in [9.17, 15) is 9.59 Å². The lowest BCUT2D eigenvalue weighted by molar-refractivity contribution is -0.116. The van der Waals surface area contributed by atoms with Crippen LogP contribution in [0.15, 0.2) is 23.8 Å². The molecular weight excluding hydrogens is 406 g/mol. The van der Waals surface area contributed by atoms with Gasteiger partial charge in [0.25, 0.3) is 5.91 Å². The first-order chi connectivity index (χ1) is 14.3. The fourth-order valence-corrected chi connectivity index (χ4v) is 4.89. The maximum Gasteiger partial charge on any atom is 0.505 e. The van der Waals surface area contributed by atoms with Crippen molar-refractivity contribution in [1.29, 1.82) is 0 Å². The summed E-state index contributed by atoms with van der Waals surface area (Å²) in [4.78, 5) is 24.1. The summed E-state index contributed by atoms with van der Waals surface area (Å²) in [7, 11) is 1.55. The molecule has 1 heterocycles. The maximum absolute atomic E-state index is 13.2. The van der Waals surface area contributed by atoms with Crippen molar-refractivity contribution >= 4 is 35.3 Å². The van der Waals surface area contributed by atoms with Crippen molar-refractivity contribution in [3.8, 4) is 5.75 Å². The summed E-state index contributed by atoms with van der Waals surface area (Å²) >= 11 is 6.64. The summed E-state index contributed by atoms with van der Waals surface area (Å²) < 4.78 is 10.4. The van der Waals surface area contributed by atoms with Crippen molar-refractivity contribution in [2.24, 2.45) is 5.92 Å². The molecule has 7 heteroatoms. The molecule has 6 nitrogen and oxygen atoms in total. The van der Waals surface area contributed by atoms with Gasteiger partial charge in [-0.05, 0) is 61.8 Å². The highest BCUT2D eigenvalue weighted by atomic mass is 35.5. The van der Waals surface area contributed by atoms with Crippen molar-refractivity contribution in [1.82, 2.24) is 5.32 Å². The van der Waals surface area contributed by atoms with Crippen molar-refractivity contribution in [2.45, 2.75) is 51.5 Å². The van der Waals surface area contributed by atoms with Gasteiger partial charge in [-0.3, -0.25) is 4.79 Å². The van der Waals surface area contributed by atoms with Crippen LogP contribution in [0.5, 0.6) is 5.75 Å². The van der Waals surface area contributed by atoms with E-state index in [0.29, 0.717) is 34.2 Å². The van der Waals surface area contributed by atoms with E-state index < -0.39 is 11.7 Å². The summed E-state index contributed by atoms with van der Waals surface area (Å²) in [5.41, 5.74) is 2.27. The number of halogens is 1. The lowest BCUT2D eigenvalue weighted by Crippen LogP contribution is -2.47. The number of amides is 1. The Balaban J connectivity index is 2.14. The number of benzene rings is 1. The zero-order chi connectivity index (χ0) is 21.9. The molecule has 1 aliphatic carbocycles. The van der Waals surface area contributed by atoms with Crippen LogP contribution in [0.1, 0.15) is 57.1 Å². The lowest BCUT2D eigenvalue weighted by Gasteiger charge is -2.38. The average Bonchev–Trinajstić information content (AvgIpc) is 2.95. The fourth-order valence-electron chi connectivity index (χ4n) is 4.58. The third-order valence-electron chi connectivity index (χ3n) is 6.07. The van der Waals surface area contributed by atoms with E-state index in [4.69, 9.17) is 26.2 Å². The molecule has 162 valence electrons. The van der Waals surface area contributed by atoms with Crippen LogP contribution in [-0.4, -0.2) is 36.4 Å². The van der Waals surface area contributed by atoms with Crippen LogP contribution in [0.3, 0.4) is 0 Å². The molecule has 1 spiro atoms. The van der Waals surface area contributed by atoms with E-state index in [0.717, 1.165) is 36.8 Å².